The minimum atomic E-state index is -5.17. The Morgan fingerprint density at radius 2 is 1.63 bits per heavy atom. The van der Waals surface area contributed by atoms with Gasteiger partial charge < -0.3 is 19.3 Å². The van der Waals surface area contributed by atoms with Crippen molar-refractivity contribution in [3.63, 3.8) is 0 Å². The number of aromatic amines is 1. The number of hydrogen-bond acceptors (Lipinski definition) is 7. The number of aryl methyl sites for hydroxylation is 1. The summed E-state index contributed by atoms with van der Waals surface area (Å²) >= 11 is 0.655. The maximum absolute atomic E-state index is 13.3. The number of rotatable bonds is 9. The Morgan fingerprint density at radius 3 is 2.21 bits per heavy atom. The van der Waals surface area contributed by atoms with Crippen molar-refractivity contribution in [3.05, 3.63) is 74.4 Å². The molecule has 0 fully saturated rings. The first-order chi connectivity index (χ1) is 19.9. The number of nitrogens with zero attached hydrogens (tertiary/aromatic N) is 1. The molecule has 17 heteroatoms. The molecule has 0 aliphatic carbocycles. The summed E-state index contributed by atoms with van der Waals surface area (Å²) < 4.78 is 118. The number of ether oxygens (including phenoxy) is 3. The molecule has 2 aromatic heterocycles. The normalized spacial score (nSPS) is 13.8. The first-order valence-electron chi connectivity index (χ1n) is 12.1. The maximum atomic E-state index is 13.3. The molecular formula is C26H20F8N2O6S. The van der Waals surface area contributed by atoms with Crippen LogP contribution in [0.4, 0.5) is 35.1 Å². The lowest BCUT2D eigenvalue weighted by atomic mass is 10.1. The third kappa shape index (κ3) is 7.27. The molecule has 0 radical (unpaired) electrons. The molecule has 2 N–H and O–H groups in total. The number of alkyl halides is 8. The van der Waals surface area contributed by atoms with E-state index < -0.39 is 54.9 Å². The first kappa shape index (κ1) is 31.8. The Labute approximate surface area is 239 Å². The van der Waals surface area contributed by atoms with E-state index in [1.165, 1.54) is 44.2 Å². The third-order valence-electron chi connectivity index (χ3n) is 6.11. The summed E-state index contributed by atoms with van der Waals surface area (Å²) in [5.74, 6) is -1.32. The quantitative estimate of drug-likeness (QED) is 0.209. The first-order valence-corrected chi connectivity index (χ1v) is 12.9. The topological polar surface area (TPSA) is 103 Å². The average molecular weight is 641 g/mol. The lowest BCUT2D eigenvalue weighted by Crippen LogP contribution is -2.38. The Bertz CT molecular complexity index is 1730. The molecule has 0 aliphatic rings. The lowest BCUT2D eigenvalue weighted by molar-refractivity contribution is -0.275. The summed E-state index contributed by atoms with van der Waals surface area (Å²) in [6.07, 6.45) is -14.1. The second kappa shape index (κ2) is 11.9. The fourth-order valence-corrected chi connectivity index (χ4v) is 5.43. The minimum absolute atomic E-state index is 0.0428. The van der Waals surface area contributed by atoms with Crippen molar-refractivity contribution in [1.82, 2.24) is 9.55 Å². The highest BCUT2D eigenvalue weighted by molar-refractivity contribution is 7.22. The molecule has 232 valence electrons. The van der Waals surface area contributed by atoms with Crippen LogP contribution in [0, 0.1) is 6.92 Å². The predicted octanol–water partition coefficient (Wildman–Crippen LogP) is 6.29. The molecule has 8 nitrogen and oxygen atoms in total. The van der Waals surface area contributed by atoms with E-state index in [4.69, 9.17) is 4.74 Å². The van der Waals surface area contributed by atoms with Gasteiger partial charge >= 0.3 is 24.8 Å². The number of fused-ring (bicyclic) bond motifs is 1. The van der Waals surface area contributed by atoms with Crippen molar-refractivity contribution in [2.24, 2.45) is 0 Å². The van der Waals surface area contributed by atoms with E-state index in [1.54, 1.807) is 0 Å². The van der Waals surface area contributed by atoms with Crippen LogP contribution < -0.4 is 25.5 Å². The zero-order valence-electron chi connectivity index (χ0n) is 21.8. The Hall–Kier alpha value is -4.12. The molecule has 4 aromatic rings. The molecule has 4 rings (SSSR count). The molecule has 0 bridgehead atoms. The SMILES string of the molecule is Cc1c(-c2ccc(OC(C)c3ccc(OC(F)F)cc3)c(OC(F)(F)F)c2)sc2c1c(=O)[nH]c(=O)n2CC(O)C(F)(F)F. The van der Waals surface area contributed by atoms with Gasteiger partial charge in [0.25, 0.3) is 5.56 Å². The summed E-state index contributed by atoms with van der Waals surface area (Å²) in [6, 6.07) is 8.56. The van der Waals surface area contributed by atoms with E-state index in [2.05, 4.69) is 9.47 Å². The van der Waals surface area contributed by atoms with Crippen LogP contribution in [-0.2, 0) is 6.54 Å². The maximum Gasteiger partial charge on any atom is 0.573 e. The fourth-order valence-electron chi connectivity index (χ4n) is 4.12. The smallest absolute Gasteiger partial charge is 0.482 e. The highest BCUT2D eigenvalue weighted by Gasteiger charge is 2.39. The zero-order chi connectivity index (χ0) is 31.9. The fraction of sp³-hybridized carbons (Fsp3) is 0.308. The second-order valence-corrected chi connectivity index (χ2v) is 10.1. The minimum Gasteiger partial charge on any atom is -0.482 e. The standard InChI is InChI=1S/C26H20F8N2O6S/c1-11-19-21(38)35-24(39)36(10-18(37)25(29,30)31)22(19)43-20(11)14-5-8-16(17(9-14)42-26(32,33)34)40-12(2)13-3-6-15(7-4-13)41-23(27)28/h3-9,12,18,23,37H,10H2,1-2H3,(H,35,38,39). The highest BCUT2D eigenvalue weighted by atomic mass is 32.1. The summed E-state index contributed by atoms with van der Waals surface area (Å²) in [4.78, 5) is 26.7. The van der Waals surface area contributed by atoms with Gasteiger partial charge in [0.2, 0.25) is 0 Å². The number of H-pyrrole nitrogens is 1. The zero-order valence-corrected chi connectivity index (χ0v) is 22.7. The molecule has 43 heavy (non-hydrogen) atoms. The molecule has 2 aromatic carbocycles. The average Bonchev–Trinajstić information content (AvgIpc) is 3.23. The number of halogens is 8. The lowest BCUT2D eigenvalue weighted by Gasteiger charge is -2.19. The van der Waals surface area contributed by atoms with Crippen molar-refractivity contribution < 1.29 is 54.4 Å². The Morgan fingerprint density at radius 1 is 0.977 bits per heavy atom. The van der Waals surface area contributed by atoms with Crippen LogP contribution in [0.25, 0.3) is 20.7 Å². The van der Waals surface area contributed by atoms with Crippen LogP contribution >= 0.6 is 11.3 Å². The number of aliphatic hydroxyl groups excluding tert-OH is 1. The Balaban J connectivity index is 1.75. The molecule has 0 spiro atoms. The van der Waals surface area contributed by atoms with Crippen molar-refractivity contribution >= 4 is 21.6 Å². The largest absolute Gasteiger partial charge is 0.573 e. The van der Waals surface area contributed by atoms with Gasteiger partial charge in [-0.15, -0.1) is 24.5 Å². The molecule has 2 unspecified atom stereocenters. The van der Waals surface area contributed by atoms with Crippen LogP contribution in [0.5, 0.6) is 17.2 Å². The Kier molecular flexibility index (Phi) is 8.78. The van der Waals surface area contributed by atoms with E-state index in [1.807, 2.05) is 4.98 Å². The van der Waals surface area contributed by atoms with E-state index in [0.717, 1.165) is 12.1 Å². The molecule has 2 atom stereocenters. The summed E-state index contributed by atoms with van der Waals surface area (Å²) in [5, 5.41) is 9.32. The molecule has 0 saturated carbocycles. The van der Waals surface area contributed by atoms with Crippen LogP contribution in [-0.4, -0.2) is 39.9 Å². The van der Waals surface area contributed by atoms with E-state index in [9.17, 15) is 49.8 Å². The van der Waals surface area contributed by atoms with Crippen molar-refractivity contribution in [1.29, 1.82) is 0 Å². The van der Waals surface area contributed by atoms with Crippen LogP contribution in [0.15, 0.2) is 52.1 Å². The number of thiophene rings is 1. The predicted molar refractivity (Wildman–Crippen MR) is 138 cm³/mol. The highest BCUT2D eigenvalue weighted by Crippen LogP contribution is 2.42. The number of nitrogens with one attached hydrogen (secondary N) is 1. The number of aliphatic hydroxyl groups is 1. The van der Waals surface area contributed by atoms with E-state index in [-0.39, 0.29) is 37.7 Å². The van der Waals surface area contributed by atoms with Crippen molar-refractivity contribution in [2.75, 3.05) is 0 Å². The van der Waals surface area contributed by atoms with Crippen LogP contribution in [0.3, 0.4) is 0 Å². The van der Waals surface area contributed by atoms with Gasteiger partial charge in [0.05, 0.1) is 11.9 Å². The van der Waals surface area contributed by atoms with Gasteiger partial charge in [0.1, 0.15) is 16.7 Å². The van der Waals surface area contributed by atoms with E-state index >= 15 is 0 Å². The van der Waals surface area contributed by atoms with Gasteiger partial charge in [0, 0.05) is 4.88 Å². The van der Waals surface area contributed by atoms with Gasteiger partial charge in [-0.1, -0.05) is 12.1 Å². The van der Waals surface area contributed by atoms with Gasteiger partial charge in [-0.3, -0.25) is 14.3 Å². The number of hydrogen-bond donors (Lipinski definition) is 2. The van der Waals surface area contributed by atoms with E-state index in [0.29, 0.717) is 21.5 Å². The molecular weight excluding hydrogens is 620 g/mol. The van der Waals surface area contributed by atoms with Crippen molar-refractivity contribution in [3.8, 4) is 27.7 Å². The van der Waals surface area contributed by atoms with Crippen LogP contribution in [0.1, 0.15) is 24.2 Å². The molecule has 2 heterocycles. The molecule has 0 amide bonds. The van der Waals surface area contributed by atoms with Crippen LogP contribution in [0.2, 0.25) is 0 Å². The van der Waals surface area contributed by atoms with Gasteiger partial charge in [-0.2, -0.15) is 22.0 Å². The number of aromatic nitrogens is 2. The summed E-state index contributed by atoms with van der Waals surface area (Å²) in [6.45, 7) is -1.43. The van der Waals surface area contributed by atoms with Gasteiger partial charge in [-0.05, 0) is 60.9 Å². The van der Waals surface area contributed by atoms with Gasteiger partial charge in [0.15, 0.2) is 17.6 Å². The number of benzene rings is 2. The van der Waals surface area contributed by atoms with Crippen molar-refractivity contribution in [2.45, 2.75) is 51.8 Å². The molecule has 0 saturated heterocycles. The molecule has 0 aliphatic heterocycles. The summed E-state index contributed by atoms with van der Waals surface area (Å²) in [7, 11) is 0. The van der Waals surface area contributed by atoms with Gasteiger partial charge in [-0.25, -0.2) is 4.79 Å². The third-order valence-corrected chi connectivity index (χ3v) is 7.47. The second-order valence-electron chi connectivity index (χ2n) is 9.08. The monoisotopic (exact) mass is 640 g/mol. The summed E-state index contributed by atoms with van der Waals surface area (Å²) in [5.41, 5.74) is -1.59.